The molecule has 0 aliphatic carbocycles. The molecule has 8 bridgehead atoms. The van der Waals surface area contributed by atoms with Crippen LogP contribution in [0, 0.1) is 0 Å². The molecule has 6 aliphatic rings. The summed E-state index contributed by atoms with van der Waals surface area (Å²) in [6.45, 7) is 14.8. The lowest BCUT2D eigenvalue weighted by Gasteiger charge is -2.44. The van der Waals surface area contributed by atoms with E-state index in [-0.39, 0.29) is 42.8 Å². The Hall–Kier alpha value is -9.11. The number of aliphatic hydroxyl groups is 2. The number of piperazine rings is 2. The molecule has 12 rings (SSSR count). The first-order chi connectivity index (χ1) is 45.9. The van der Waals surface area contributed by atoms with Crippen molar-refractivity contribution in [2.24, 2.45) is 0 Å². The zero-order chi connectivity index (χ0) is 67.4. The zero-order valence-electron chi connectivity index (χ0n) is 55.3. The zero-order valence-corrected chi connectivity index (χ0v) is 55.3. The molecule has 2 fully saturated rings. The van der Waals surface area contributed by atoms with Gasteiger partial charge in [0, 0.05) is 87.7 Å². The van der Waals surface area contributed by atoms with Gasteiger partial charge in [-0.05, 0) is 155 Å². The smallest absolute Gasteiger partial charge is 0.411 e. The van der Waals surface area contributed by atoms with Crippen molar-refractivity contribution in [1.82, 2.24) is 40.4 Å². The van der Waals surface area contributed by atoms with Crippen LogP contribution in [-0.2, 0) is 40.3 Å². The van der Waals surface area contributed by atoms with Gasteiger partial charge < -0.3 is 60.0 Å². The maximum absolute atomic E-state index is 14.3. The summed E-state index contributed by atoms with van der Waals surface area (Å²) < 4.78 is 17.6. The summed E-state index contributed by atoms with van der Waals surface area (Å²) in [4.78, 5) is 104. The standard InChI is InChI=1S/C40H50N4O7.C35H42N4O5/c1-5-20-42-21-9-10-24-50-32-18-16-28(17-19-32)25-33(41-36(46)30-14-11-15-31(26-30)37(42)47)35(45)34-38(48)43(27-29-12-7-6-8-13-29)22-23-44(34)39(49)51-40(2,3)4;1-2-18-38-19-6-7-21-44-29-15-13-25(14-16-29)22-30(37-33(41)27-11-8-12-28(23-27)34(38)42)32(40)31-35(43)39(20-17-36-31)24-26-9-4-3-5-10-26/h6-8,11-19,26,33-35,45H,5,9-10,20-25,27H2,1-4H3,(H,41,46);3-5,8-16,23,30-32,36,40H,2,6-7,17-22,24H2,1H3,(H,37,41). The molecular formula is C75H92N8O12. The van der Waals surface area contributed by atoms with Crippen molar-refractivity contribution < 1.29 is 58.0 Å². The third kappa shape index (κ3) is 19.5. The largest absolute Gasteiger partial charge is 0.494 e. The molecule has 6 unspecified atom stereocenters. The molecular weight excluding hydrogens is 1200 g/mol. The minimum Gasteiger partial charge on any atom is -0.494 e. The minimum atomic E-state index is -1.53. The highest BCUT2D eigenvalue weighted by atomic mass is 16.6. The van der Waals surface area contributed by atoms with Gasteiger partial charge in [0.15, 0.2) is 0 Å². The first kappa shape index (κ1) is 70.2. The summed E-state index contributed by atoms with van der Waals surface area (Å²) in [6, 6.07) is 43.4. The first-order valence-electron chi connectivity index (χ1n) is 33.4. The second-order valence-corrected chi connectivity index (χ2v) is 25.7. The van der Waals surface area contributed by atoms with Gasteiger partial charge in [0.1, 0.15) is 35.3 Å². The number of nitrogens with one attached hydrogen (secondary N) is 3. The van der Waals surface area contributed by atoms with Crippen LogP contribution >= 0.6 is 0 Å². The van der Waals surface area contributed by atoms with E-state index in [4.69, 9.17) is 14.2 Å². The number of hydrogen-bond acceptors (Lipinski definition) is 13. The lowest BCUT2D eigenvalue weighted by Crippen LogP contribution is -2.66. The lowest BCUT2D eigenvalue weighted by atomic mass is 9.92. The minimum absolute atomic E-state index is 0.120. The summed E-state index contributed by atoms with van der Waals surface area (Å²) in [7, 11) is 0. The number of carbonyl (C=O) groups excluding carboxylic acids is 7. The van der Waals surface area contributed by atoms with Crippen LogP contribution in [0.5, 0.6) is 11.5 Å². The maximum Gasteiger partial charge on any atom is 0.411 e. The van der Waals surface area contributed by atoms with E-state index in [0.29, 0.717) is 94.4 Å². The third-order valence-electron chi connectivity index (χ3n) is 17.3. The number of benzene rings is 6. The Kier molecular flexibility index (Phi) is 25.0. The molecule has 7 amide bonds. The van der Waals surface area contributed by atoms with Crippen molar-refractivity contribution in [3.05, 3.63) is 202 Å². The molecule has 0 spiro atoms. The van der Waals surface area contributed by atoms with Gasteiger partial charge in [-0.3, -0.25) is 33.7 Å². The summed E-state index contributed by atoms with van der Waals surface area (Å²) >= 11 is 0. The molecule has 6 heterocycles. The molecule has 6 aromatic carbocycles. The maximum atomic E-state index is 14.3. The van der Waals surface area contributed by atoms with Crippen molar-refractivity contribution in [3.63, 3.8) is 0 Å². The first-order valence-corrected chi connectivity index (χ1v) is 33.4. The number of fused-ring (bicyclic) bond motifs is 22. The Morgan fingerprint density at radius 1 is 0.526 bits per heavy atom. The molecule has 5 N–H and O–H groups in total. The average molecular weight is 1300 g/mol. The molecule has 6 aliphatic heterocycles. The summed E-state index contributed by atoms with van der Waals surface area (Å²) in [5, 5.41) is 33.1. The highest BCUT2D eigenvalue weighted by molar-refractivity contribution is 6.01. The van der Waals surface area contributed by atoms with Gasteiger partial charge in [0.25, 0.3) is 23.6 Å². The summed E-state index contributed by atoms with van der Waals surface area (Å²) in [5.41, 5.74) is 4.12. The van der Waals surface area contributed by atoms with Crippen LogP contribution in [0.4, 0.5) is 4.79 Å². The van der Waals surface area contributed by atoms with Crippen LogP contribution in [0.2, 0.25) is 0 Å². The lowest BCUT2D eigenvalue weighted by molar-refractivity contribution is -0.148. The molecule has 0 radical (unpaired) electrons. The Morgan fingerprint density at radius 2 is 0.979 bits per heavy atom. The fourth-order valence-corrected chi connectivity index (χ4v) is 12.3. The number of amides is 7. The Balaban J connectivity index is 0.000000226. The SMILES string of the molecule is CCCN1CCCCOc2ccc(cc2)CC(C(O)C2C(=O)N(Cc3ccccc3)CCN2C(=O)OC(C)(C)C)NC(=O)c2cccc(c2)C1=O.CCCN1CCCCOc2ccc(cc2)CC(C(O)C2NCCN(Cc3ccccc3)C2=O)NC(=O)c2cccc(c2)C1=O. The third-order valence-corrected chi connectivity index (χ3v) is 17.3. The number of ether oxygens (including phenoxy) is 3. The van der Waals surface area contributed by atoms with E-state index in [1.54, 1.807) is 84.0 Å². The van der Waals surface area contributed by atoms with Crippen molar-refractivity contribution >= 4 is 41.5 Å². The highest BCUT2D eigenvalue weighted by Gasteiger charge is 2.47. The van der Waals surface area contributed by atoms with E-state index >= 15 is 0 Å². The Bertz CT molecular complexity index is 3530. The highest BCUT2D eigenvalue weighted by Crippen LogP contribution is 2.27. The van der Waals surface area contributed by atoms with E-state index in [1.165, 1.54) is 4.90 Å². The topological polar surface area (TPSA) is 240 Å². The van der Waals surface area contributed by atoms with Crippen molar-refractivity contribution in [1.29, 1.82) is 0 Å². The molecule has 20 heteroatoms. The van der Waals surface area contributed by atoms with Gasteiger partial charge in [0.05, 0.1) is 31.4 Å². The normalized spacial score (nSPS) is 20.3. The van der Waals surface area contributed by atoms with Gasteiger partial charge in [-0.2, -0.15) is 0 Å². The van der Waals surface area contributed by atoms with E-state index in [1.807, 2.05) is 128 Å². The predicted octanol–water partition coefficient (Wildman–Crippen LogP) is 8.48. The monoisotopic (exact) mass is 1300 g/mol. The fourth-order valence-electron chi connectivity index (χ4n) is 12.3. The van der Waals surface area contributed by atoms with Gasteiger partial charge in [-0.25, -0.2) is 4.79 Å². The van der Waals surface area contributed by atoms with Gasteiger partial charge in [-0.15, -0.1) is 0 Å². The van der Waals surface area contributed by atoms with Crippen LogP contribution in [0.3, 0.4) is 0 Å². The molecule has 0 saturated carbocycles. The van der Waals surface area contributed by atoms with Crippen LogP contribution in [0.1, 0.15) is 137 Å². The summed E-state index contributed by atoms with van der Waals surface area (Å²) in [5.74, 6) is -0.495. The van der Waals surface area contributed by atoms with Crippen LogP contribution < -0.4 is 25.4 Å². The molecule has 20 nitrogen and oxygen atoms in total. The van der Waals surface area contributed by atoms with E-state index in [2.05, 4.69) is 16.0 Å². The van der Waals surface area contributed by atoms with Crippen molar-refractivity contribution in [2.45, 2.75) is 141 Å². The van der Waals surface area contributed by atoms with Gasteiger partial charge in [-0.1, -0.05) is 111 Å². The molecule has 0 aromatic heterocycles. The number of aliphatic hydroxyl groups excluding tert-OH is 2. The van der Waals surface area contributed by atoms with Crippen molar-refractivity contribution in [2.75, 3.05) is 65.6 Å². The van der Waals surface area contributed by atoms with E-state index < -0.39 is 65.8 Å². The van der Waals surface area contributed by atoms with E-state index in [9.17, 15) is 43.8 Å². The molecule has 6 atom stereocenters. The molecule has 2 saturated heterocycles. The second-order valence-electron chi connectivity index (χ2n) is 25.7. The molecule has 6 aromatic rings. The van der Waals surface area contributed by atoms with Crippen LogP contribution in [0.15, 0.2) is 158 Å². The van der Waals surface area contributed by atoms with Crippen LogP contribution in [-0.4, -0.2) is 184 Å². The number of rotatable bonds is 12. The average Bonchev–Trinajstić information content (AvgIpc) is 0.818. The Morgan fingerprint density at radius 3 is 1.44 bits per heavy atom. The van der Waals surface area contributed by atoms with Gasteiger partial charge >= 0.3 is 6.09 Å². The Labute approximate surface area is 557 Å². The van der Waals surface area contributed by atoms with Crippen LogP contribution in [0.25, 0.3) is 0 Å². The molecule has 95 heavy (non-hydrogen) atoms. The predicted molar refractivity (Wildman–Crippen MR) is 362 cm³/mol. The quantitative estimate of drug-likeness (QED) is 0.0774. The number of hydrogen-bond donors (Lipinski definition) is 5. The van der Waals surface area contributed by atoms with E-state index in [0.717, 1.165) is 66.5 Å². The molecule has 504 valence electrons. The van der Waals surface area contributed by atoms with Crippen molar-refractivity contribution in [3.8, 4) is 11.5 Å². The number of nitrogens with zero attached hydrogens (tertiary/aromatic N) is 5. The second kappa shape index (κ2) is 33.8. The number of carbonyl (C=O) groups is 7. The summed E-state index contributed by atoms with van der Waals surface area (Å²) in [6.07, 6.45) is 1.72. The fraction of sp³-hybridized carbons (Fsp3) is 0.427. The van der Waals surface area contributed by atoms with Gasteiger partial charge in [0.2, 0.25) is 11.8 Å².